The highest BCUT2D eigenvalue weighted by molar-refractivity contribution is 6.06. The topological polar surface area (TPSA) is 68.2 Å². The fourth-order valence-electron chi connectivity index (χ4n) is 2.11. The second-order valence-electron chi connectivity index (χ2n) is 5.15. The van der Waals surface area contributed by atoms with Crippen molar-refractivity contribution in [3.05, 3.63) is 41.6 Å². The molecule has 0 aliphatic carbocycles. The molecular weight excluding hydrogens is 333 g/mol. The zero-order valence-corrected chi connectivity index (χ0v) is 14.2. The van der Waals surface area contributed by atoms with Gasteiger partial charge in [-0.2, -0.15) is 18.4 Å². The number of benzene rings is 1. The molecule has 0 atom stereocenters. The first-order chi connectivity index (χ1) is 11.8. The molecule has 0 fully saturated rings. The number of hydrogen-bond acceptors (Lipinski definition) is 4. The fourth-order valence-corrected chi connectivity index (χ4v) is 2.11. The van der Waals surface area contributed by atoms with Crippen LogP contribution in [0.3, 0.4) is 0 Å². The average Bonchev–Trinajstić information content (AvgIpc) is 2.57. The van der Waals surface area contributed by atoms with Crippen molar-refractivity contribution in [2.75, 3.05) is 31.5 Å². The van der Waals surface area contributed by atoms with E-state index in [0.717, 1.165) is 31.8 Å². The number of para-hydroxylation sites is 1. The van der Waals surface area contributed by atoms with Crippen molar-refractivity contribution < 1.29 is 18.0 Å². The van der Waals surface area contributed by atoms with Gasteiger partial charge in [0, 0.05) is 19.3 Å². The molecule has 2 N–H and O–H groups in total. The highest BCUT2D eigenvalue weighted by atomic mass is 19.4. The van der Waals surface area contributed by atoms with Crippen LogP contribution in [0, 0.1) is 11.3 Å². The van der Waals surface area contributed by atoms with E-state index in [1.54, 1.807) is 6.07 Å². The summed E-state index contributed by atoms with van der Waals surface area (Å²) in [5, 5.41) is 14.0. The highest BCUT2D eigenvalue weighted by Gasteiger charge is 2.33. The van der Waals surface area contributed by atoms with Gasteiger partial charge >= 0.3 is 6.18 Å². The van der Waals surface area contributed by atoms with Crippen molar-refractivity contribution in [1.29, 1.82) is 5.26 Å². The lowest BCUT2D eigenvalue weighted by Gasteiger charge is -2.17. The summed E-state index contributed by atoms with van der Waals surface area (Å²) in [5.74, 6) is -0.894. The molecule has 8 heteroatoms. The van der Waals surface area contributed by atoms with E-state index in [1.807, 2.05) is 13.8 Å². The van der Waals surface area contributed by atoms with Gasteiger partial charge in [-0.25, -0.2) is 0 Å². The Morgan fingerprint density at radius 3 is 2.48 bits per heavy atom. The van der Waals surface area contributed by atoms with E-state index >= 15 is 0 Å². The normalized spacial score (nSPS) is 12.0. The molecule has 0 aliphatic heterocycles. The summed E-state index contributed by atoms with van der Waals surface area (Å²) < 4.78 is 38.8. The molecule has 0 heterocycles. The molecule has 1 amide bonds. The number of nitriles is 1. The first-order valence-electron chi connectivity index (χ1n) is 7.87. The second kappa shape index (κ2) is 9.69. The van der Waals surface area contributed by atoms with E-state index < -0.39 is 17.6 Å². The Morgan fingerprint density at radius 2 is 1.92 bits per heavy atom. The molecule has 0 saturated heterocycles. The van der Waals surface area contributed by atoms with Crippen molar-refractivity contribution in [2.24, 2.45) is 0 Å². The van der Waals surface area contributed by atoms with Gasteiger partial charge in [0.2, 0.25) is 0 Å². The Balaban J connectivity index is 2.75. The lowest BCUT2D eigenvalue weighted by Crippen LogP contribution is -2.30. The number of carbonyl (C=O) groups is 1. The maximum atomic E-state index is 12.9. The number of amides is 1. The third-order valence-electron chi connectivity index (χ3n) is 3.56. The van der Waals surface area contributed by atoms with Crippen molar-refractivity contribution in [2.45, 2.75) is 20.0 Å². The van der Waals surface area contributed by atoms with E-state index in [-0.39, 0.29) is 11.3 Å². The third kappa shape index (κ3) is 6.47. The molecule has 1 aromatic carbocycles. The summed E-state index contributed by atoms with van der Waals surface area (Å²) in [6.45, 7) is 7.03. The average molecular weight is 354 g/mol. The maximum absolute atomic E-state index is 12.9. The van der Waals surface area contributed by atoms with Gasteiger partial charge < -0.3 is 15.5 Å². The van der Waals surface area contributed by atoms with Crippen LogP contribution in [-0.2, 0) is 11.0 Å². The van der Waals surface area contributed by atoms with Gasteiger partial charge in [-0.05, 0) is 25.2 Å². The van der Waals surface area contributed by atoms with Gasteiger partial charge in [-0.3, -0.25) is 4.79 Å². The minimum Gasteiger partial charge on any atom is -0.388 e. The predicted molar refractivity (Wildman–Crippen MR) is 89.6 cm³/mol. The smallest absolute Gasteiger partial charge is 0.388 e. The summed E-state index contributed by atoms with van der Waals surface area (Å²) in [6, 6.07) is 6.31. The number of alkyl halides is 3. The highest BCUT2D eigenvalue weighted by Crippen LogP contribution is 2.34. The summed E-state index contributed by atoms with van der Waals surface area (Å²) >= 11 is 0. The first-order valence-corrected chi connectivity index (χ1v) is 7.87. The molecule has 5 nitrogen and oxygen atoms in total. The van der Waals surface area contributed by atoms with Crippen molar-refractivity contribution in [3.63, 3.8) is 0 Å². The molecule has 0 aliphatic rings. The number of carbonyl (C=O) groups excluding carboxylic acids is 1. The minimum absolute atomic E-state index is 0.295. The fraction of sp³-hybridized carbons (Fsp3) is 0.412. The Kier molecular flexibility index (Phi) is 7.95. The molecule has 1 aromatic rings. The van der Waals surface area contributed by atoms with Crippen LogP contribution in [0.2, 0.25) is 0 Å². The lowest BCUT2D eigenvalue weighted by atomic mass is 10.1. The van der Waals surface area contributed by atoms with E-state index in [1.165, 1.54) is 18.3 Å². The molecule has 0 spiro atoms. The molecule has 25 heavy (non-hydrogen) atoms. The zero-order chi connectivity index (χ0) is 18.9. The number of likely N-dealkylation sites (N-methyl/N-ethyl adjacent to an activating group) is 1. The molecule has 1 rings (SSSR count). The van der Waals surface area contributed by atoms with E-state index in [2.05, 4.69) is 15.5 Å². The predicted octanol–water partition coefficient (Wildman–Crippen LogP) is 2.98. The standard InChI is InChI=1S/C17H21F3N4O/c1-3-24(4-2)10-9-22-12-13(11-21)16(25)23-15-8-6-5-7-14(15)17(18,19)20/h5-8,12,22H,3-4,9-10H2,1-2H3,(H,23,25)/b13-12-. The van der Waals surface area contributed by atoms with Crippen LogP contribution in [-0.4, -0.2) is 37.0 Å². The van der Waals surface area contributed by atoms with E-state index in [0.29, 0.717) is 6.54 Å². The Labute approximate surface area is 145 Å². The van der Waals surface area contributed by atoms with Crippen LogP contribution in [0.15, 0.2) is 36.0 Å². The van der Waals surface area contributed by atoms with Gasteiger partial charge in [-0.1, -0.05) is 26.0 Å². The summed E-state index contributed by atoms with van der Waals surface area (Å²) in [6.07, 6.45) is -3.38. The van der Waals surface area contributed by atoms with Gasteiger partial charge in [0.05, 0.1) is 11.3 Å². The van der Waals surface area contributed by atoms with E-state index in [9.17, 15) is 18.0 Å². The summed E-state index contributed by atoms with van der Waals surface area (Å²) in [7, 11) is 0. The van der Waals surface area contributed by atoms with Gasteiger partial charge in [0.1, 0.15) is 11.6 Å². The largest absolute Gasteiger partial charge is 0.418 e. The Bertz CT molecular complexity index is 646. The molecular formula is C17H21F3N4O. The van der Waals surface area contributed by atoms with Gasteiger partial charge in [0.25, 0.3) is 5.91 Å². The van der Waals surface area contributed by atoms with Crippen molar-refractivity contribution >= 4 is 11.6 Å². The molecule has 0 aromatic heterocycles. The number of rotatable bonds is 8. The van der Waals surface area contributed by atoms with Crippen LogP contribution in [0.5, 0.6) is 0 Å². The quantitative estimate of drug-likeness (QED) is 0.428. The Hall–Kier alpha value is -2.53. The summed E-state index contributed by atoms with van der Waals surface area (Å²) in [4.78, 5) is 14.2. The lowest BCUT2D eigenvalue weighted by molar-refractivity contribution is -0.137. The molecule has 0 radical (unpaired) electrons. The Morgan fingerprint density at radius 1 is 1.28 bits per heavy atom. The van der Waals surface area contributed by atoms with Crippen LogP contribution in [0.4, 0.5) is 18.9 Å². The van der Waals surface area contributed by atoms with Crippen LogP contribution >= 0.6 is 0 Å². The first kappa shape index (κ1) is 20.5. The number of halogens is 3. The zero-order valence-electron chi connectivity index (χ0n) is 14.2. The monoisotopic (exact) mass is 354 g/mol. The van der Waals surface area contributed by atoms with Crippen molar-refractivity contribution in [1.82, 2.24) is 10.2 Å². The number of nitrogens with one attached hydrogen (secondary N) is 2. The minimum atomic E-state index is -4.59. The number of hydrogen-bond donors (Lipinski definition) is 2. The van der Waals surface area contributed by atoms with E-state index in [4.69, 9.17) is 5.26 Å². The van der Waals surface area contributed by atoms with Crippen LogP contribution in [0.25, 0.3) is 0 Å². The third-order valence-corrected chi connectivity index (χ3v) is 3.56. The van der Waals surface area contributed by atoms with Crippen LogP contribution in [0.1, 0.15) is 19.4 Å². The molecule has 0 saturated carbocycles. The van der Waals surface area contributed by atoms with Gasteiger partial charge in [-0.15, -0.1) is 0 Å². The SMILES string of the molecule is CCN(CC)CCN/C=C(/C#N)C(=O)Nc1ccccc1C(F)(F)F. The number of anilines is 1. The summed E-state index contributed by atoms with van der Waals surface area (Å²) in [5.41, 5.74) is -1.64. The molecule has 0 bridgehead atoms. The molecule has 0 unspecified atom stereocenters. The number of nitrogens with zero attached hydrogens (tertiary/aromatic N) is 2. The van der Waals surface area contributed by atoms with Crippen molar-refractivity contribution in [3.8, 4) is 6.07 Å². The van der Waals surface area contributed by atoms with Crippen LogP contribution < -0.4 is 10.6 Å². The molecule has 136 valence electrons. The maximum Gasteiger partial charge on any atom is 0.418 e. The second-order valence-corrected chi connectivity index (χ2v) is 5.15. The van der Waals surface area contributed by atoms with Gasteiger partial charge in [0.15, 0.2) is 0 Å².